The number of amides is 1. The average Bonchev–Trinajstić information content (AvgIpc) is 2.74. The van der Waals surface area contributed by atoms with Gasteiger partial charge in [-0.05, 0) is 25.1 Å². The smallest absolute Gasteiger partial charge is 0.242 e. The molecule has 0 saturated carbocycles. The molecule has 0 aliphatic carbocycles. The lowest BCUT2D eigenvalue weighted by molar-refractivity contribution is -0.123. The molecular formula is C12H13Cl2N3O. The van der Waals surface area contributed by atoms with E-state index in [1.54, 1.807) is 26.1 Å². The molecule has 0 aliphatic heterocycles. The lowest BCUT2D eigenvalue weighted by Crippen LogP contribution is -2.28. The molecule has 0 saturated heterocycles. The molecule has 0 aliphatic rings. The number of hydrogen-bond donors (Lipinski definition) is 1. The van der Waals surface area contributed by atoms with Crippen LogP contribution in [0.2, 0.25) is 5.02 Å². The molecule has 4 nitrogen and oxygen atoms in total. The van der Waals surface area contributed by atoms with E-state index in [2.05, 4.69) is 10.3 Å². The zero-order chi connectivity index (χ0) is 13.3. The van der Waals surface area contributed by atoms with Gasteiger partial charge in [-0.2, -0.15) is 0 Å². The number of rotatable bonds is 3. The van der Waals surface area contributed by atoms with Crippen molar-refractivity contribution in [3.8, 4) is 0 Å². The molecule has 0 fully saturated rings. The Hall–Kier alpha value is -1.26. The first-order valence-corrected chi connectivity index (χ1v) is 6.43. The van der Waals surface area contributed by atoms with E-state index >= 15 is 0 Å². The summed E-state index contributed by atoms with van der Waals surface area (Å²) in [6.07, 6.45) is 0. The van der Waals surface area contributed by atoms with Gasteiger partial charge in [-0.15, -0.1) is 11.6 Å². The summed E-state index contributed by atoms with van der Waals surface area (Å²) in [6, 6.07) is 5.00. The maximum Gasteiger partial charge on any atom is 0.242 e. The van der Waals surface area contributed by atoms with Gasteiger partial charge in [-0.1, -0.05) is 11.6 Å². The summed E-state index contributed by atoms with van der Waals surface area (Å²) in [7, 11) is 1.60. The van der Waals surface area contributed by atoms with Gasteiger partial charge >= 0.3 is 0 Å². The zero-order valence-electron chi connectivity index (χ0n) is 10.1. The van der Waals surface area contributed by atoms with Gasteiger partial charge in [0.25, 0.3) is 0 Å². The van der Waals surface area contributed by atoms with Crippen molar-refractivity contribution in [1.82, 2.24) is 14.9 Å². The first kappa shape index (κ1) is 13.2. The van der Waals surface area contributed by atoms with Gasteiger partial charge in [0.05, 0.1) is 16.9 Å². The fourth-order valence-corrected chi connectivity index (χ4v) is 2.32. The molecule has 1 aromatic carbocycles. The fourth-order valence-electron chi connectivity index (χ4n) is 1.97. The molecule has 1 heterocycles. The van der Waals surface area contributed by atoms with Gasteiger partial charge in [0.2, 0.25) is 5.91 Å². The second kappa shape index (κ2) is 5.16. The third-order valence-electron chi connectivity index (χ3n) is 2.86. The second-order valence-corrected chi connectivity index (χ2v) is 4.66. The van der Waals surface area contributed by atoms with Gasteiger partial charge in [0.1, 0.15) is 11.9 Å². The number of nitrogens with zero attached hydrogens (tertiary/aromatic N) is 2. The molecule has 18 heavy (non-hydrogen) atoms. The summed E-state index contributed by atoms with van der Waals surface area (Å²) in [5, 5.41) is 3.23. The van der Waals surface area contributed by atoms with Crippen LogP contribution >= 0.6 is 23.2 Å². The van der Waals surface area contributed by atoms with Gasteiger partial charge < -0.3 is 9.88 Å². The van der Waals surface area contributed by atoms with E-state index in [0.29, 0.717) is 10.8 Å². The maximum absolute atomic E-state index is 11.8. The highest BCUT2D eigenvalue weighted by Crippen LogP contribution is 2.25. The Bertz CT molecular complexity index is 594. The van der Waals surface area contributed by atoms with E-state index in [9.17, 15) is 4.79 Å². The minimum absolute atomic E-state index is 0.0966. The SMILES string of the molecule is CNC(=O)C(C)n1c(CCl)nc2ccc(Cl)cc21. The highest BCUT2D eigenvalue weighted by atomic mass is 35.5. The number of nitrogens with one attached hydrogen (secondary N) is 1. The summed E-state index contributed by atoms with van der Waals surface area (Å²) < 4.78 is 1.81. The van der Waals surface area contributed by atoms with Crippen molar-refractivity contribution < 1.29 is 4.79 Å². The van der Waals surface area contributed by atoms with Crippen LogP contribution < -0.4 is 5.32 Å². The standard InChI is InChI=1S/C12H13Cl2N3O/c1-7(12(18)15-2)17-10-5-8(14)3-4-9(10)16-11(17)6-13/h3-5,7H,6H2,1-2H3,(H,15,18). The minimum Gasteiger partial charge on any atom is -0.357 e. The molecule has 1 atom stereocenters. The Labute approximate surface area is 115 Å². The van der Waals surface area contributed by atoms with Crippen LogP contribution in [0.25, 0.3) is 11.0 Å². The Morgan fingerprint density at radius 1 is 1.56 bits per heavy atom. The largest absolute Gasteiger partial charge is 0.357 e. The minimum atomic E-state index is -0.382. The van der Waals surface area contributed by atoms with Gasteiger partial charge in [-0.3, -0.25) is 4.79 Å². The number of carbonyl (C=O) groups excluding carboxylic acids is 1. The number of imidazole rings is 1. The van der Waals surface area contributed by atoms with Crippen LogP contribution in [0.1, 0.15) is 18.8 Å². The number of likely N-dealkylation sites (N-methyl/N-ethyl adjacent to an activating group) is 1. The van der Waals surface area contributed by atoms with Crippen LogP contribution in [-0.2, 0) is 10.7 Å². The van der Waals surface area contributed by atoms with Gasteiger partial charge in [0.15, 0.2) is 0 Å². The van der Waals surface area contributed by atoms with E-state index in [4.69, 9.17) is 23.2 Å². The van der Waals surface area contributed by atoms with Crippen LogP contribution in [0, 0.1) is 0 Å². The predicted octanol–water partition coefficient (Wildman–Crippen LogP) is 2.74. The van der Waals surface area contributed by atoms with E-state index in [-0.39, 0.29) is 17.8 Å². The molecule has 96 valence electrons. The third-order valence-corrected chi connectivity index (χ3v) is 3.33. The Balaban J connectivity index is 2.65. The topological polar surface area (TPSA) is 46.9 Å². The van der Waals surface area contributed by atoms with Crippen molar-refractivity contribution >= 4 is 40.1 Å². The van der Waals surface area contributed by atoms with Crippen LogP contribution in [0.3, 0.4) is 0 Å². The number of hydrogen-bond acceptors (Lipinski definition) is 2. The Kier molecular flexibility index (Phi) is 3.78. The monoisotopic (exact) mass is 285 g/mol. The van der Waals surface area contributed by atoms with Crippen molar-refractivity contribution in [3.05, 3.63) is 29.0 Å². The van der Waals surface area contributed by atoms with Crippen molar-refractivity contribution in [2.24, 2.45) is 0 Å². The average molecular weight is 286 g/mol. The van der Waals surface area contributed by atoms with E-state index in [0.717, 1.165) is 11.0 Å². The molecule has 6 heteroatoms. The molecule has 1 amide bonds. The van der Waals surface area contributed by atoms with Crippen molar-refractivity contribution in [2.75, 3.05) is 7.05 Å². The first-order valence-electron chi connectivity index (χ1n) is 5.52. The normalized spacial score (nSPS) is 12.7. The Morgan fingerprint density at radius 2 is 2.28 bits per heavy atom. The van der Waals surface area contributed by atoms with Crippen LogP contribution in [0.15, 0.2) is 18.2 Å². The van der Waals surface area contributed by atoms with Gasteiger partial charge in [-0.25, -0.2) is 4.98 Å². The molecule has 0 spiro atoms. The number of benzene rings is 1. The molecule has 2 aromatic rings. The van der Waals surface area contributed by atoms with Crippen LogP contribution in [-0.4, -0.2) is 22.5 Å². The second-order valence-electron chi connectivity index (χ2n) is 3.95. The summed E-state index contributed by atoms with van der Waals surface area (Å²) >= 11 is 11.9. The van der Waals surface area contributed by atoms with E-state index in [1.807, 2.05) is 10.6 Å². The van der Waals surface area contributed by atoms with Crippen molar-refractivity contribution in [2.45, 2.75) is 18.8 Å². The number of alkyl halides is 1. The summed E-state index contributed by atoms with van der Waals surface area (Å²) in [6.45, 7) is 1.80. The Morgan fingerprint density at radius 3 is 2.89 bits per heavy atom. The molecule has 0 radical (unpaired) electrons. The summed E-state index contributed by atoms with van der Waals surface area (Å²) in [4.78, 5) is 16.2. The summed E-state index contributed by atoms with van der Waals surface area (Å²) in [5.74, 6) is 0.804. The summed E-state index contributed by atoms with van der Waals surface area (Å²) in [5.41, 5.74) is 1.60. The predicted molar refractivity (Wildman–Crippen MR) is 73.1 cm³/mol. The van der Waals surface area contributed by atoms with Crippen molar-refractivity contribution in [1.29, 1.82) is 0 Å². The molecule has 0 bridgehead atoms. The molecule has 1 unspecified atom stereocenters. The number of fused-ring (bicyclic) bond motifs is 1. The van der Waals surface area contributed by atoms with Crippen LogP contribution in [0.4, 0.5) is 0 Å². The first-order chi connectivity index (χ1) is 8.58. The third kappa shape index (κ3) is 2.18. The number of aromatic nitrogens is 2. The zero-order valence-corrected chi connectivity index (χ0v) is 11.6. The van der Waals surface area contributed by atoms with E-state index < -0.39 is 0 Å². The fraction of sp³-hybridized carbons (Fsp3) is 0.333. The molecule has 1 aromatic heterocycles. The van der Waals surface area contributed by atoms with Gasteiger partial charge in [0, 0.05) is 12.1 Å². The van der Waals surface area contributed by atoms with E-state index in [1.165, 1.54) is 0 Å². The molecular weight excluding hydrogens is 273 g/mol. The van der Waals surface area contributed by atoms with Crippen molar-refractivity contribution in [3.63, 3.8) is 0 Å². The quantitative estimate of drug-likeness (QED) is 0.882. The lowest BCUT2D eigenvalue weighted by Gasteiger charge is -2.15. The maximum atomic E-state index is 11.8. The number of halogens is 2. The molecule has 1 N–H and O–H groups in total. The molecule has 2 rings (SSSR count). The highest BCUT2D eigenvalue weighted by Gasteiger charge is 2.20. The van der Waals surface area contributed by atoms with Crippen LogP contribution in [0.5, 0.6) is 0 Å². The highest BCUT2D eigenvalue weighted by molar-refractivity contribution is 6.31. The number of carbonyl (C=O) groups is 1. The lowest BCUT2D eigenvalue weighted by atomic mass is 10.2.